The topological polar surface area (TPSA) is 35.8 Å². The summed E-state index contributed by atoms with van der Waals surface area (Å²) in [5, 5.41) is 10.8. The van der Waals surface area contributed by atoms with Crippen LogP contribution in [0.1, 0.15) is 19.4 Å². The fourth-order valence-corrected chi connectivity index (χ4v) is 3.61. The maximum atomic E-state index is 13.0. The van der Waals surface area contributed by atoms with E-state index in [4.69, 9.17) is 0 Å². The first kappa shape index (κ1) is 19.1. The number of aliphatic imine (C=N–C) groups is 1. The second kappa shape index (κ2) is 9.92. The normalized spacial score (nSPS) is 19.3. The number of halogens is 1. The van der Waals surface area contributed by atoms with Crippen molar-refractivity contribution in [3.63, 3.8) is 0 Å². The Labute approximate surface area is 140 Å². The van der Waals surface area contributed by atoms with Crippen molar-refractivity contribution in [1.29, 1.82) is 0 Å². The third kappa shape index (κ3) is 5.34. The molecule has 1 fully saturated rings. The number of likely N-dealkylation sites (N-methyl/N-ethyl adjacent to an activating group) is 1. The van der Waals surface area contributed by atoms with E-state index in [0.717, 1.165) is 18.4 Å². The van der Waals surface area contributed by atoms with Crippen molar-refractivity contribution >= 4 is 28.6 Å². The number of aromatic hydroxyl groups is 1. The molecule has 1 heterocycles. The standard InChI is InChI=1S/C14H17FN2OS2.C2H6/c1-17-7-8-20-13(17)5-6-16-14(19-2)11-4-3-10(15)9-12(11)18;1-2/h3-6,9,13,18H,7-8H2,1-2H3;1-2H3/t13-;/m1./s1. The Morgan fingerprint density at radius 1 is 1.50 bits per heavy atom. The molecular weight excluding hydrogens is 319 g/mol. The molecule has 0 aliphatic carbocycles. The van der Waals surface area contributed by atoms with Crippen LogP contribution in [-0.4, -0.2) is 46.0 Å². The van der Waals surface area contributed by atoms with Gasteiger partial charge < -0.3 is 5.11 Å². The minimum Gasteiger partial charge on any atom is -0.507 e. The highest BCUT2D eigenvalue weighted by Gasteiger charge is 2.18. The van der Waals surface area contributed by atoms with Gasteiger partial charge in [0.2, 0.25) is 0 Å². The average molecular weight is 343 g/mol. The lowest BCUT2D eigenvalue weighted by Gasteiger charge is -2.13. The monoisotopic (exact) mass is 342 g/mol. The second-order valence-corrected chi connectivity index (χ2v) is 6.40. The number of hydrogen-bond donors (Lipinski definition) is 1. The molecular formula is C16H23FN2OS2. The van der Waals surface area contributed by atoms with E-state index in [1.54, 1.807) is 12.3 Å². The molecule has 1 N–H and O–H groups in total. The lowest BCUT2D eigenvalue weighted by molar-refractivity contribution is 0.389. The smallest absolute Gasteiger partial charge is 0.128 e. The number of phenols is 1. The number of thioether (sulfide) groups is 2. The summed E-state index contributed by atoms with van der Waals surface area (Å²) in [6.07, 6.45) is 5.68. The van der Waals surface area contributed by atoms with Crippen LogP contribution in [0.5, 0.6) is 5.75 Å². The van der Waals surface area contributed by atoms with Gasteiger partial charge in [0, 0.05) is 30.1 Å². The largest absolute Gasteiger partial charge is 0.507 e. The molecule has 0 saturated carbocycles. The molecule has 2 rings (SSSR count). The van der Waals surface area contributed by atoms with Crippen molar-refractivity contribution in [3.05, 3.63) is 41.9 Å². The predicted octanol–water partition coefficient (Wildman–Crippen LogP) is 4.19. The Kier molecular flexibility index (Phi) is 8.60. The highest BCUT2D eigenvalue weighted by Crippen LogP contribution is 2.24. The zero-order chi connectivity index (χ0) is 16.5. The molecule has 0 aromatic heterocycles. The molecule has 0 spiro atoms. The molecule has 1 saturated heterocycles. The Bertz CT molecular complexity index is 535. The van der Waals surface area contributed by atoms with Crippen LogP contribution in [-0.2, 0) is 0 Å². The molecule has 0 bridgehead atoms. The van der Waals surface area contributed by atoms with Gasteiger partial charge in [0.15, 0.2) is 0 Å². The summed E-state index contributed by atoms with van der Waals surface area (Å²) in [5.74, 6) is 0.591. The fraction of sp³-hybridized carbons (Fsp3) is 0.438. The Hall–Kier alpha value is -0.980. The van der Waals surface area contributed by atoms with E-state index in [9.17, 15) is 9.50 Å². The van der Waals surface area contributed by atoms with Crippen molar-refractivity contribution in [2.45, 2.75) is 19.2 Å². The van der Waals surface area contributed by atoms with E-state index in [-0.39, 0.29) is 5.75 Å². The SMILES string of the molecule is CC.CSC(=NC=C[C@H]1SCCN1C)c1ccc(F)cc1O. The van der Waals surface area contributed by atoms with Crippen LogP contribution in [0.4, 0.5) is 4.39 Å². The minimum atomic E-state index is -0.453. The van der Waals surface area contributed by atoms with Gasteiger partial charge >= 0.3 is 0 Å². The Morgan fingerprint density at radius 2 is 2.23 bits per heavy atom. The van der Waals surface area contributed by atoms with E-state index in [1.165, 1.54) is 17.8 Å². The summed E-state index contributed by atoms with van der Waals surface area (Å²) in [4.78, 5) is 6.63. The quantitative estimate of drug-likeness (QED) is 0.660. The highest BCUT2D eigenvalue weighted by molar-refractivity contribution is 8.13. The van der Waals surface area contributed by atoms with E-state index in [0.29, 0.717) is 16.0 Å². The molecule has 1 aliphatic heterocycles. The number of phenolic OH excluding ortho intramolecular Hbond substituents is 1. The summed E-state index contributed by atoms with van der Waals surface area (Å²) in [7, 11) is 2.08. The summed E-state index contributed by atoms with van der Waals surface area (Å²) < 4.78 is 13.0. The molecule has 0 unspecified atom stereocenters. The zero-order valence-corrected chi connectivity index (χ0v) is 15.0. The van der Waals surface area contributed by atoms with Gasteiger partial charge in [0.1, 0.15) is 16.6 Å². The maximum Gasteiger partial charge on any atom is 0.128 e. The molecule has 22 heavy (non-hydrogen) atoms. The molecule has 1 aromatic rings. The first-order valence-electron chi connectivity index (χ1n) is 7.21. The molecule has 1 aliphatic rings. The molecule has 1 aromatic carbocycles. The molecule has 3 nitrogen and oxygen atoms in total. The van der Waals surface area contributed by atoms with Crippen LogP contribution in [0.3, 0.4) is 0 Å². The molecule has 0 radical (unpaired) electrons. The number of nitrogens with zero attached hydrogens (tertiary/aromatic N) is 2. The lowest BCUT2D eigenvalue weighted by Crippen LogP contribution is -2.21. The summed E-state index contributed by atoms with van der Waals surface area (Å²) in [6, 6.07) is 3.97. The average Bonchev–Trinajstić information content (AvgIpc) is 2.92. The summed E-state index contributed by atoms with van der Waals surface area (Å²) in [5.41, 5.74) is 0.552. The van der Waals surface area contributed by atoms with Crippen molar-refractivity contribution in [3.8, 4) is 5.75 Å². The maximum absolute atomic E-state index is 13.0. The first-order valence-corrected chi connectivity index (χ1v) is 9.48. The summed E-state index contributed by atoms with van der Waals surface area (Å²) in [6.45, 7) is 5.08. The molecule has 6 heteroatoms. The van der Waals surface area contributed by atoms with Gasteiger partial charge in [-0.05, 0) is 31.5 Å². The van der Waals surface area contributed by atoms with Gasteiger partial charge in [-0.25, -0.2) is 9.38 Å². The van der Waals surface area contributed by atoms with Crippen LogP contribution in [0.2, 0.25) is 0 Å². The van der Waals surface area contributed by atoms with Crippen molar-refractivity contribution in [1.82, 2.24) is 4.90 Å². The van der Waals surface area contributed by atoms with Gasteiger partial charge in [0.05, 0.1) is 5.37 Å². The van der Waals surface area contributed by atoms with Gasteiger partial charge in [-0.2, -0.15) is 0 Å². The zero-order valence-electron chi connectivity index (χ0n) is 13.4. The summed E-state index contributed by atoms with van der Waals surface area (Å²) >= 11 is 3.30. The molecule has 122 valence electrons. The van der Waals surface area contributed by atoms with Crippen LogP contribution < -0.4 is 0 Å². The first-order chi connectivity index (χ1) is 10.6. The van der Waals surface area contributed by atoms with Gasteiger partial charge in [-0.1, -0.05) is 13.8 Å². The molecule has 1 atom stereocenters. The van der Waals surface area contributed by atoms with Crippen LogP contribution in [0.25, 0.3) is 0 Å². The molecule has 0 amide bonds. The van der Waals surface area contributed by atoms with Crippen molar-refractivity contribution in [2.75, 3.05) is 25.6 Å². The van der Waals surface area contributed by atoms with Gasteiger partial charge in [-0.15, -0.1) is 23.5 Å². The van der Waals surface area contributed by atoms with E-state index < -0.39 is 5.82 Å². The number of benzene rings is 1. The Balaban J connectivity index is 0.00000116. The van der Waals surface area contributed by atoms with Gasteiger partial charge in [-0.3, -0.25) is 4.90 Å². The van der Waals surface area contributed by atoms with Crippen LogP contribution in [0.15, 0.2) is 35.5 Å². The highest BCUT2D eigenvalue weighted by atomic mass is 32.2. The number of rotatable bonds is 3. The third-order valence-electron chi connectivity index (χ3n) is 2.99. The van der Waals surface area contributed by atoms with Crippen LogP contribution in [0, 0.1) is 5.82 Å². The van der Waals surface area contributed by atoms with Crippen LogP contribution >= 0.6 is 23.5 Å². The van der Waals surface area contributed by atoms with Crippen molar-refractivity contribution < 1.29 is 9.50 Å². The minimum absolute atomic E-state index is 0.0844. The third-order valence-corrected chi connectivity index (χ3v) is 4.98. The number of hydrogen-bond acceptors (Lipinski definition) is 5. The van der Waals surface area contributed by atoms with Crippen molar-refractivity contribution in [2.24, 2.45) is 4.99 Å². The van der Waals surface area contributed by atoms with Gasteiger partial charge in [0.25, 0.3) is 0 Å². The lowest BCUT2D eigenvalue weighted by atomic mass is 10.2. The second-order valence-electron chi connectivity index (χ2n) is 4.38. The van der Waals surface area contributed by atoms with E-state index in [1.807, 2.05) is 37.9 Å². The fourth-order valence-electron chi connectivity index (χ4n) is 1.88. The Morgan fingerprint density at radius 3 is 2.77 bits per heavy atom. The van der Waals surface area contributed by atoms with E-state index in [2.05, 4.69) is 16.9 Å². The predicted molar refractivity (Wildman–Crippen MR) is 97.5 cm³/mol. The van der Waals surface area contributed by atoms with E-state index >= 15 is 0 Å².